The van der Waals surface area contributed by atoms with Crippen molar-refractivity contribution in [3.8, 4) is 5.69 Å². The third-order valence-corrected chi connectivity index (χ3v) is 2.52. The van der Waals surface area contributed by atoms with Gasteiger partial charge in [0.2, 0.25) is 0 Å². The molecule has 0 aliphatic carbocycles. The molecule has 0 fully saturated rings. The first kappa shape index (κ1) is 10.7. The molecule has 0 aliphatic heterocycles. The Kier molecular flexibility index (Phi) is 3.41. The van der Waals surface area contributed by atoms with E-state index in [1.807, 2.05) is 36.6 Å². The number of benzene rings is 1. The van der Waals surface area contributed by atoms with E-state index in [9.17, 15) is 0 Å². The topological polar surface area (TPSA) is 8.81 Å². The van der Waals surface area contributed by atoms with Crippen molar-refractivity contribution in [2.75, 3.05) is 0 Å². The normalized spacial score (nSPS) is 10.7. The summed E-state index contributed by atoms with van der Waals surface area (Å²) in [6.45, 7) is 4.06. The van der Waals surface area contributed by atoms with Crippen LogP contribution in [0.5, 0.6) is 0 Å². The molecule has 1 heterocycles. The number of aryl methyl sites for hydroxylation is 1. The van der Waals surface area contributed by atoms with Crippen molar-refractivity contribution in [2.24, 2.45) is 7.02 Å². The molecule has 0 saturated carbocycles. The minimum absolute atomic E-state index is 0. The first-order chi connectivity index (χ1) is 7.24. The van der Waals surface area contributed by atoms with Crippen molar-refractivity contribution in [2.45, 2.75) is 13.8 Å². The molecule has 1 aromatic carbocycles. The Morgan fingerprint density at radius 3 is 2.40 bits per heavy atom. The molecule has 0 unspecified atom stereocenters. The molecular formula is C12H15IN2. The zero-order valence-corrected chi connectivity index (χ0v) is 11.1. The number of rotatable bonds is 1. The fourth-order valence-electron chi connectivity index (χ4n) is 1.59. The van der Waals surface area contributed by atoms with Crippen LogP contribution in [-0.2, 0) is 7.02 Å². The molecule has 0 spiro atoms. The van der Waals surface area contributed by atoms with Gasteiger partial charge in [-0.2, -0.15) is 4.57 Å². The van der Waals surface area contributed by atoms with Gasteiger partial charge < -0.3 is 24.0 Å². The van der Waals surface area contributed by atoms with Gasteiger partial charge in [-0.05, 0) is 12.1 Å². The second kappa shape index (κ2) is 4.79. The molecule has 0 amide bonds. The Morgan fingerprint density at radius 1 is 1.20 bits per heavy atom. The van der Waals surface area contributed by atoms with Crippen molar-refractivity contribution in [1.82, 2.24) is 4.57 Å². The third-order valence-electron chi connectivity index (χ3n) is 2.52. The van der Waals surface area contributed by atoms with E-state index in [-0.39, 0.29) is 31.0 Å². The molecule has 0 radical (unpaired) electrons. The van der Waals surface area contributed by atoms with E-state index in [1.165, 1.54) is 0 Å². The van der Waals surface area contributed by atoms with Gasteiger partial charge in [0.05, 0.1) is 8.39 Å². The van der Waals surface area contributed by atoms with Gasteiger partial charge in [0.1, 0.15) is 17.6 Å². The van der Waals surface area contributed by atoms with E-state index in [0.717, 1.165) is 17.2 Å². The summed E-state index contributed by atoms with van der Waals surface area (Å²) in [5, 5.41) is 0. The largest absolute Gasteiger partial charge is 1.00 e. The summed E-state index contributed by atoms with van der Waals surface area (Å²) in [6.07, 6.45) is 2.07. The van der Waals surface area contributed by atoms with E-state index >= 15 is 0 Å². The molecule has 1 aromatic heterocycles. The molecule has 80 valence electrons. The van der Waals surface area contributed by atoms with E-state index in [1.54, 1.807) is 0 Å². The number of aromatic nitrogens is 2. The fourth-order valence-corrected chi connectivity index (χ4v) is 1.59. The molecule has 2 aromatic rings. The van der Waals surface area contributed by atoms with Gasteiger partial charge in [0.15, 0.2) is 0 Å². The zero-order chi connectivity index (χ0) is 10.8. The van der Waals surface area contributed by atoms with Gasteiger partial charge >= 0.3 is 0 Å². The third kappa shape index (κ3) is 2.22. The molecular weight excluding hydrogens is 299 g/mol. The molecule has 2 nitrogen and oxygen atoms in total. The highest BCUT2D eigenvalue weighted by atomic mass is 127. The lowest BCUT2D eigenvalue weighted by atomic mass is 10.3. The van der Waals surface area contributed by atoms with Crippen LogP contribution in [0.15, 0.2) is 36.5 Å². The van der Waals surface area contributed by atoms with Crippen LogP contribution in [0.4, 0.5) is 0 Å². The Hall–Kier alpha value is -0.840. The quantitative estimate of drug-likeness (QED) is 0.468. The van der Waals surface area contributed by atoms with Gasteiger partial charge in [0.25, 0.3) is 5.82 Å². The first-order valence-corrected chi connectivity index (χ1v) is 4.67. The van der Waals surface area contributed by atoms with Crippen molar-refractivity contribution in [3.63, 3.8) is 0 Å². The van der Waals surface area contributed by atoms with Crippen molar-refractivity contribution in [3.05, 3.63) is 48.0 Å². The van der Waals surface area contributed by atoms with Gasteiger partial charge in [0, 0.05) is 13.8 Å². The number of para-hydroxylation sites is 1. The predicted octanol–water partition coefficient (Wildman–Crippen LogP) is -1.08. The van der Waals surface area contributed by atoms with Crippen LogP contribution in [0, 0.1) is 13.8 Å². The van der Waals surface area contributed by atoms with Gasteiger partial charge in [-0.1, -0.05) is 18.2 Å². The number of hydrogen-bond donors (Lipinski definition) is 0. The van der Waals surface area contributed by atoms with Crippen LogP contribution in [0.2, 0.25) is 0 Å². The minimum Gasteiger partial charge on any atom is -1.00 e. The standard InChI is InChI=1S/C12H15N2.HI/c1-10-9-14(11(2)13(10)3)12-7-5-4-6-8-12;/h4-9H,1-3H3;1H/q+1;/p-1/i3D;. The number of halogens is 1. The average Bonchev–Trinajstić information content (AvgIpc) is 2.55. The SMILES string of the molecule is [2H]C[n+]1c(C)cn(-c2ccccc2)c1C.[I-]. The van der Waals surface area contributed by atoms with Crippen molar-refractivity contribution in [1.29, 1.82) is 0 Å². The Balaban J connectivity index is 0.00000128. The fraction of sp³-hybridized carbons (Fsp3) is 0.250. The van der Waals surface area contributed by atoms with Crippen LogP contribution in [0.25, 0.3) is 5.69 Å². The summed E-state index contributed by atoms with van der Waals surface area (Å²) >= 11 is 0. The van der Waals surface area contributed by atoms with Crippen molar-refractivity contribution >= 4 is 0 Å². The monoisotopic (exact) mass is 315 g/mol. The zero-order valence-electron chi connectivity index (χ0n) is 9.94. The molecule has 0 aliphatic rings. The number of imidazole rings is 1. The summed E-state index contributed by atoms with van der Waals surface area (Å²) in [4.78, 5) is 0. The van der Waals surface area contributed by atoms with E-state index in [0.29, 0.717) is 0 Å². The van der Waals surface area contributed by atoms with Crippen LogP contribution in [0.3, 0.4) is 0 Å². The van der Waals surface area contributed by atoms with E-state index in [2.05, 4.69) is 22.9 Å². The first-order valence-electron chi connectivity index (χ1n) is 5.38. The van der Waals surface area contributed by atoms with Crippen LogP contribution in [-0.4, -0.2) is 4.57 Å². The second-order valence-corrected chi connectivity index (χ2v) is 3.45. The lowest BCUT2D eigenvalue weighted by Gasteiger charge is -1.96. The Bertz CT molecular complexity index is 465. The summed E-state index contributed by atoms with van der Waals surface area (Å²) in [7, 11) is 0.275. The van der Waals surface area contributed by atoms with Crippen LogP contribution in [0.1, 0.15) is 12.9 Å². The molecule has 0 N–H and O–H groups in total. The van der Waals surface area contributed by atoms with Gasteiger partial charge in [-0.25, -0.2) is 4.57 Å². The Labute approximate surface area is 109 Å². The molecule has 2 rings (SSSR count). The maximum absolute atomic E-state index is 7.45. The number of hydrogen-bond acceptors (Lipinski definition) is 0. The van der Waals surface area contributed by atoms with Crippen LogP contribution < -0.4 is 28.5 Å². The maximum Gasteiger partial charge on any atom is 0.258 e. The summed E-state index contributed by atoms with van der Waals surface area (Å²) < 4.78 is 11.5. The van der Waals surface area contributed by atoms with Crippen molar-refractivity contribution < 1.29 is 29.9 Å². The summed E-state index contributed by atoms with van der Waals surface area (Å²) in [5.41, 5.74) is 2.26. The maximum atomic E-state index is 7.45. The highest BCUT2D eigenvalue weighted by Gasteiger charge is 2.14. The molecule has 0 bridgehead atoms. The molecule has 0 saturated heterocycles. The number of nitrogens with zero attached hydrogens (tertiary/aromatic N) is 2. The molecule has 0 atom stereocenters. The second-order valence-electron chi connectivity index (χ2n) is 3.45. The van der Waals surface area contributed by atoms with Crippen LogP contribution >= 0.6 is 0 Å². The lowest BCUT2D eigenvalue weighted by Crippen LogP contribution is -3.00. The molecule has 3 heteroatoms. The lowest BCUT2D eigenvalue weighted by molar-refractivity contribution is -0.682. The molecule has 15 heavy (non-hydrogen) atoms. The van der Waals surface area contributed by atoms with E-state index in [4.69, 9.17) is 1.37 Å². The van der Waals surface area contributed by atoms with E-state index < -0.39 is 0 Å². The summed E-state index contributed by atoms with van der Waals surface area (Å²) in [5.74, 6) is 1.09. The Morgan fingerprint density at radius 2 is 1.87 bits per heavy atom. The highest BCUT2D eigenvalue weighted by Crippen LogP contribution is 2.09. The van der Waals surface area contributed by atoms with Gasteiger partial charge in [-0.15, -0.1) is 0 Å². The highest BCUT2D eigenvalue weighted by molar-refractivity contribution is 5.32. The minimum atomic E-state index is 0. The average molecular weight is 315 g/mol. The van der Waals surface area contributed by atoms with Gasteiger partial charge in [-0.3, -0.25) is 0 Å². The summed E-state index contributed by atoms with van der Waals surface area (Å²) in [6, 6.07) is 10.2. The predicted molar refractivity (Wildman–Crippen MR) is 56.4 cm³/mol. The smallest absolute Gasteiger partial charge is 0.258 e.